The van der Waals surface area contributed by atoms with Gasteiger partial charge in [-0.3, -0.25) is 23.8 Å². The molecular weight excluding hydrogens is 525 g/mol. The van der Waals surface area contributed by atoms with E-state index in [0.717, 1.165) is 28.8 Å². The Morgan fingerprint density at radius 3 is 2.60 bits per heavy atom. The van der Waals surface area contributed by atoms with Crippen LogP contribution in [0, 0.1) is 28.8 Å². The first-order valence-corrected chi connectivity index (χ1v) is 11.6. The predicted octanol–water partition coefficient (Wildman–Crippen LogP) is 5.08. The number of nitrogens with zero attached hydrogens (tertiary/aromatic N) is 5. The van der Waals surface area contributed by atoms with Crippen molar-refractivity contribution in [3.63, 3.8) is 0 Å². The van der Waals surface area contributed by atoms with Gasteiger partial charge in [-0.2, -0.15) is 10.4 Å². The van der Waals surface area contributed by atoms with Gasteiger partial charge in [0, 0.05) is 53.7 Å². The van der Waals surface area contributed by atoms with Crippen molar-refractivity contribution in [1.82, 2.24) is 19.3 Å². The van der Waals surface area contributed by atoms with Gasteiger partial charge in [0.1, 0.15) is 23.7 Å². The van der Waals surface area contributed by atoms with E-state index in [-0.39, 0.29) is 17.9 Å². The molecule has 198 valence electrons. The number of carbonyl (C=O) groups is 1. The van der Waals surface area contributed by atoms with Crippen molar-refractivity contribution in [1.29, 1.82) is 5.26 Å². The number of nitriles is 1. The van der Waals surface area contributed by atoms with Crippen LogP contribution < -0.4 is 15.6 Å². The van der Waals surface area contributed by atoms with Crippen molar-refractivity contribution >= 4 is 11.6 Å². The largest absolute Gasteiger partial charge is 0.453 e. The normalized spacial score (nSPS) is 10.7. The van der Waals surface area contributed by atoms with Crippen LogP contribution in [0.1, 0.15) is 10.4 Å². The highest BCUT2D eigenvalue weighted by molar-refractivity contribution is 6.04. The highest BCUT2D eigenvalue weighted by Crippen LogP contribution is 2.35. The second-order valence-electron chi connectivity index (χ2n) is 8.35. The lowest BCUT2D eigenvalue weighted by Gasteiger charge is -2.13. The molecule has 0 saturated carbocycles. The van der Waals surface area contributed by atoms with Crippen LogP contribution in [0.2, 0.25) is 0 Å². The predicted molar refractivity (Wildman–Crippen MR) is 137 cm³/mol. The summed E-state index contributed by atoms with van der Waals surface area (Å²) >= 11 is 0. The van der Waals surface area contributed by atoms with E-state index in [9.17, 15) is 22.8 Å². The number of hydrogen-bond donors (Lipinski definition) is 1. The van der Waals surface area contributed by atoms with Gasteiger partial charge in [-0.1, -0.05) is 0 Å². The number of carbonyl (C=O) groups excluding carboxylic acids is 1. The number of ether oxygens (including phenoxy) is 1. The number of rotatable bonds is 7. The summed E-state index contributed by atoms with van der Waals surface area (Å²) in [6, 6.07) is 12.6. The maximum absolute atomic E-state index is 15.0. The van der Waals surface area contributed by atoms with E-state index < -0.39 is 40.4 Å². The van der Waals surface area contributed by atoms with Gasteiger partial charge in [0.15, 0.2) is 17.4 Å². The fourth-order valence-corrected chi connectivity index (χ4v) is 3.83. The number of pyridine rings is 2. The standard InChI is InChI=1S/C28H17F3N6O3/c29-18-3-5-19(6-4-18)37-10-1-2-20(28(37)39)27(38)35-24-12-23(31)26(13-22(24)30)40-25-7-9-33-15-21(25)17-14-34-36(16-17)11-8-32/h1-7,9-10,12-16H,11H2,(H,35,38). The summed E-state index contributed by atoms with van der Waals surface area (Å²) in [6.45, 7) is 0.0204. The fraction of sp³-hybridized carbons (Fsp3) is 0.0357. The third kappa shape index (κ3) is 5.30. The van der Waals surface area contributed by atoms with Crippen molar-refractivity contribution in [3.8, 4) is 34.4 Å². The summed E-state index contributed by atoms with van der Waals surface area (Å²) in [5.41, 5.74) is -0.324. The Balaban J connectivity index is 1.39. The molecular formula is C28H17F3N6O3. The van der Waals surface area contributed by atoms with Crippen molar-refractivity contribution in [3.05, 3.63) is 119 Å². The fourth-order valence-electron chi connectivity index (χ4n) is 3.83. The van der Waals surface area contributed by atoms with Crippen LogP contribution in [0.4, 0.5) is 18.9 Å². The summed E-state index contributed by atoms with van der Waals surface area (Å²) < 4.78 is 51.4. The third-order valence-electron chi connectivity index (χ3n) is 5.74. The van der Waals surface area contributed by atoms with Crippen molar-refractivity contribution in [2.24, 2.45) is 0 Å². The van der Waals surface area contributed by atoms with E-state index in [0.29, 0.717) is 16.8 Å². The maximum Gasteiger partial charge on any atom is 0.267 e. The molecule has 0 aliphatic heterocycles. The summed E-state index contributed by atoms with van der Waals surface area (Å²) in [5, 5.41) is 15.1. The van der Waals surface area contributed by atoms with Crippen molar-refractivity contribution < 1.29 is 22.7 Å². The average molecular weight is 542 g/mol. The molecule has 0 spiro atoms. The van der Waals surface area contributed by atoms with Gasteiger partial charge in [0.05, 0.1) is 18.0 Å². The second kappa shape index (κ2) is 11.0. The molecule has 0 aliphatic carbocycles. The first-order chi connectivity index (χ1) is 19.3. The lowest BCUT2D eigenvalue weighted by Crippen LogP contribution is -2.28. The topological polar surface area (TPSA) is 115 Å². The highest BCUT2D eigenvalue weighted by Gasteiger charge is 2.19. The zero-order valence-electron chi connectivity index (χ0n) is 20.4. The lowest BCUT2D eigenvalue weighted by molar-refractivity contribution is 0.102. The van der Waals surface area contributed by atoms with E-state index in [1.165, 1.54) is 59.8 Å². The van der Waals surface area contributed by atoms with E-state index in [4.69, 9.17) is 10.00 Å². The third-order valence-corrected chi connectivity index (χ3v) is 5.74. The van der Waals surface area contributed by atoms with Gasteiger partial charge < -0.3 is 10.1 Å². The molecule has 0 aliphatic rings. The Bertz CT molecular complexity index is 1830. The minimum absolute atomic E-state index is 0.0204. The molecule has 1 amide bonds. The average Bonchev–Trinajstić information content (AvgIpc) is 3.41. The molecule has 12 heteroatoms. The minimum Gasteiger partial charge on any atom is -0.453 e. The summed E-state index contributed by atoms with van der Waals surface area (Å²) in [6.07, 6.45) is 7.30. The molecule has 5 aromatic rings. The molecule has 40 heavy (non-hydrogen) atoms. The van der Waals surface area contributed by atoms with E-state index >= 15 is 0 Å². The monoisotopic (exact) mass is 542 g/mol. The molecule has 0 fully saturated rings. The van der Waals surface area contributed by atoms with E-state index in [1.54, 1.807) is 6.20 Å². The first kappa shape index (κ1) is 25.9. The van der Waals surface area contributed by atoms with Crippen LogP contribution in [0.25, 0.3) is 16.8 Å². The number of halogens is 3. The van der Waals surface area contributed by atoms with Crippen LogP contribution in [-0.2, 0) is 6.54 Å². The molecule has 0 saturated heterocycles. The Morgan fingerprint density at radius 2 is 1.82 bits per heavy atom. The van der Waals surface area contributed by atoms with Gasteiger partial charge in [0.25, 0.3) is 11.5 Å². The van der Waals surface area contributed by atoms with Crippen LogP contribution >= 0.6 is 0 Å². The molecule has 9 nitrogen and oxygen atoms in total. The summed E-state index contributed by atoms with van der Waals surface area (Å²) in [4.78, 5) is 29.7. The molecule has 0 radical (unpaired) electrons. The molecule has 3 aromatic heterocycles. The van der Waals surface area contributed by atoms with E-state index in [2.05, 4.69) is 15.4 Å². The number of aromatic nitrogens is 4. The van der Waals surface area contributed by atoms with Crippen LogP contribution in [0.5, 0.6) is 11.5 Å². The van der Waals surface area contributed by atoms with Crippen LogP contribution in [0.3, 0.4) is 0 Å². The van der Waals surface area contributed by atoms with Crippen LogP contribution in [0.15, 0.2) is 90.4 Å². The Kier molecular flexibility index (Phi) is 7.10. The highest BCUT2D eigenvalue weighted by atomic mass is 19.1. The van der Waals surface area contributed by atoms with Gasteiger partial charge in [-0.05, 0) is 42.5 Å². The molecule has 0 bridgehead atoms. The van der Waals surface area contributed by atoms with E-state index in [1.807, 2.05) is 6.07 Å². The summed E-state index contributed by atoms with van der Waals surface area (Å²) in [5.74, 6) is -3.80. The van der Waals surface area contributed by atoms with Crippen molar-refractivity contribution in [2.75, 3.05) is 5.32 Å². The van der Waals surface area contributed by atoms with Gasteiger partial charge >= 0.3 is 0 Å². The van der Waals surface area contributed by atoms with Gasteiger partial charge in [-0.15, -0.1) is 0 Å². The summed E-state index contributed by atoms with van der Waals surface area (Å²) in [7, 11) is 0. The number of nitrogens with one attached hydrogen (secondary N) is 1. The molecule has 0 unspecified atom stereocenters. The Morgan fingerprint density at radius 1 is 1.02 bits per heavy atom. The molecule has 2 aromatic carbocycles. The van der Waals surface area contributed by atoms with Gasteiger partial charge in [-0.25, -0.2) is 13.2 Å². The lowest BCUT2D eigenvalue weighted by atomic mass is 10.1. The van der Waals surface area contributed by atoms with Gasteiger partial charge in [0.2, 0.25) is 0 Å². The molecule has 1 N–H and O–H groups in total. The molecule has 5 rings (SSSR count). The SMILES string of the molecule is N#CCn1cc(-c2cnccc2Oc2cc(F)c(NC(=O)c3cccn(-c4ccc(F)cc4)c3=O)cc2F)cn1. The number of benzene rings is 2. The Hall–Kier alpha value is -5.70. The number of hydrogen-bond acceptors (Lipinski definition) is 6. The number of anilines is 1. The molecule has 3 heterocycles. The molecule has 0 atom stereocenters. The number of amides is 1. The first-order valence-electron chi connectivity index (χ1n) is 11.6. The maximum atomic E-state index is 15.0. The minimum atomic E-state index is -1.02. The van der Waals surface area contributed by atoms with Crippen LogP contribution in [-0.4, -0.2) is 25.2 Å². The Labute approximate surface area is 224 Å². The zero-order valence-corrected chi connectivity index (χ0v) is 20.4. The quantitative estimate of drug-likeness (QED) is 0.307. The smallest absolute Gasteiger partial charge is 0.267 e. The zero-order chi connectivity index (χ0) is 28.2. The van der Waals surface area contributed by atoms with Crippen molar-refractivity contribution in [2.45, 2.75) is 6.54 Å². The second-order valence-corrected chi connectivity index (χ2v) is 8.35.